The summed E-state index contributed by atoms with van der Waals surface area (Å²) < 4.78 is 7.73. The van der Waals surface area contributed by atoms with Crippen LogP contribution in [0.2, 0.25) is 5.02 Å². The summed E-state index contributed by atoms with van der Waals surface area (Å²) in [6.45, 7) is 2.86. The van der Waals surface area contributed by atoms with E-state index in [1.807, 2.05) is 48.8 Å². The second-order valence-electron chi connectivity index (χ2n) is 4.63. The van der Waals surface area contributed by atoms with Gasteiger partial charge < -0.3 is 19.9 Å². The number of benzene rings is 1. The van der Waals surface area contributed by atoms with Crippen LogP contribution in [0.5, 0.6) is 5.75 Å². The number of rotatable bonds is 7. The third-order valence-corrected chi connectivity index (χ3v) is 3.35. The molecule has 2 N–H and O–H groups in total. The van der Waals surface area contributed by atoms with Gasteiger partial charge in [0.05, 0.1) is 11.6 Å². The maximum atomic E-state index is 6.03. The van der Waals surface area contributed by atoms with E-state index in [2.05, 4.69) is 20.2 Å². The monoisotopic (exact) mass is 448 g/mol. The Balaban J connectivity index is 0.00000264. The summed E-state index contributed by atoms with van der Waals surface area (Å²) in [6, 6.07) is 11.5. The molecular weight excluding hydrogens is 427 g/mol. The zero-order valence-electron chi connectivity index (χ0n) is 13.0. The molecule has 2 aromatic rings. The molecule has 0 aliphatic heterocycles. The predicted octanol–water partition coefficient (Wildman–Crippen LogP) is 3.00. The smallest absolute Gasteiger partial charge is 0.191 e. The van der Waals surface area contributed by atoms with Crippen LogP contribution in [-0.2, 0) is 6.54 Å². The molecule has 23 heavy (non-hydrogen) atoms. The first-order chi connectivity index (χ1) is 10.8. The quantitative estimate of drug-likeness (QED) is 0.296. The van der Waals surface area contributed by atoms with Gasteiger partial charge in [-0.2, -0.15) is 0 Å². The fourth-order valence-corrected chi connectivity index (χ4v) is 2.13. The molecule has 126 valence electrons. The maximum Gasteiger partial charge on any atom is 0.191 e. The number of aromatic nitrogens is 1. The summed E-state index contributed by atoms with van der Waals surface area (Å²) in [6.07, 6.45) is 4.07. The van der Waals surface area contributed by atoms with E-state index >= 15 is 0 Å². The number of nitrogens with zero attached hydrogens (tertiary/aromatic N) is 2. The Bertz CT molecular complexity index is 590. The van der Waals surface area contributed by atoms with Crippen LogP contribution in [-0.4, -0.2) is 37.3 Å². The molecule has 0 amide bonds. The second kappa shape index (κ2) is 11.2. The highest BCUT2D eigenvalue weighted by molar-refractivity contribution is 14.0. The van der Waals surface area contributed by atoms with Crippen LogP contribution in [0, 0.1) is 0 Å². The molecule has 0 radical (unpaired) electrons. The van der Waals surface area contributed by atoms with Crippen LogP contribution in [0.15, 0.2) is 53.8 Å². The first kappa shape index (κ1) is 19.6. The van der Waals surface area contributed by atoms with Gasteiger partial charge in [-0.15, -0.1) is 24.0 Å². The number of para-hydroxylation sites is 1. The molecule has 1 aromatic heterocycles. The topological polar surface area (TPSA) is 50.6 Å². The van der Waals surface area contributed by atoms with E-state index < -0.39 is 0 Å². The number of halogens is 2. The zero-order chi connectivity index (χ0) is 15.6. The minimum atomic E-state index is 0. The van der Waals surface area contributed by atoms with Crippen molar-refractivity contribution in [3.63, 3.8) is 0 Å². The normalized spacial score (nSPS) is 10.8. The number of nitrogens with one attached hydrogen (secondary N) is 2. The second-order valence-corrected chi connectivity index (χ2v) is 5.03. The van der Waals surface area contributed by atoms with Gasteiger partial charge in [0.15, 0.2) is 5.96 Å². The Morgan fingerprint density at radius 1 is 1.13 bits per heavy atom. The van der Waals surface area contributed by atoms with Gasteiger partial charge in [0.2, 0.25) is 0 Å². The molecule has 0 bridgehead atoms. The van der Waals surface area contributed by atoms with Crippen molar-refractivity contribution in [3.05, 3.63) is 53.8 Å². The molecule has 0 unspecified atom stereocenters. The minimum Gasteiger partial charge on any atom is -0.490 e. The van der Waals surface area contributed by atoms with E-state index in [-0.39, 0.29) is 24.0 Å². The molecule has 2 rings (SSSR count). The van der Waals surface area contributed by atoms with Gasteiger partial charge in [0.25, 0.3) is 0 Å². The molecule has 1 aromatic carbocycles. The summed E-state index contributed by atoms with van der Waals surface area (Å²) in [5.41, 5.74) is 0. The van der Waals surface area contributed by atoms with Gasteiger partial charge in [-0.25, -0.2) is 0 Å². The van der Waals surface area contributed by atoms with E-state index in [1.165, 1.54) is 0 Å². The Kier molecular flexibility index (Phi) is 9.54. The Morgan fingerprint density at radius 3 is 2.52 bits per heavy atom. The molecule has 0 atom stereocenters. The molecule has 1 heterocycles. The van der Waals surface area contributed by atoms with Crippen molar-refractivity contribution in [1.82, 2.24) is 15.2 Å². The summed E-state index contributed by atoms with van der Waals surface area (Å²) in [5, 5.41) is 7.08. The summed E-state index contributed by atoms with van der Waals surface area (Å²) in [4.78, 5) is 4.17. The van der Waals surface area contributed by atoms with Gasteiger partial charge in [-0.05, 0) is 24.3 Å². The highest BCUT2D eigenvalue weighted by Crippen LogP contribution is 2.22. The van der Waals surface area contributed by atoms with Crippen molar-refractivity contribution in [2.75, 3.05) is 26.7 Å². The van der Waals surface area contributed by atoms with Gasteiger partial charge in [0, 0.05) is 32.5 Å². The average Bonchev–Trinajstić information content (AvgIpc) is 3.04. The predicted molar refractivity (Wildman–Crippen MR) is 106 cm³/mol. The summed E-state index contributed by atoms with van der Waals surface area (Å²) in [7, 11) is 1.75. The average molecular weight is 449 g/mol. The number of aliphatic imine (C=N–C) groups is 1. The SMILES string of the molecule is CN=C(NCCOc1ccccc1Cl)NCCn1cccc1.I. The minimum absolute atomic E-state index is 0. The van der Waals surface area contributed by atoms with Gasteiger partial charge >= 0.3 is 0 Å². The van der Waals surface area contributed by atoms with E-state index in [0.29, 0.717) is 23.9 Å². The summed E-state index contributed by atoms with van der Waals surface area (Å²) in [5.74, 6) is 1.46. The van der Waals surface area contributed by atoms with Crippen molar-refractivity contribution in [2.45, 2.75) is 6.54 Å². The van der Waals surface area contributed by atoms with Crippen LogP contribution in [0.3, 0.4) is 0 Å². The first-order valence-electron chi connectivity index (χ1n) is 7.22. The number of guanidine groups is 1. The molecule has 0 saturated carbocycles. The molecule has 0 saturated heterocycles. The van der Waals surface area contributed by atoms with Crippen molar-refractivity contribution in [1.29, 1.82) is 0 Å². The Labute approximate surface area is 159 Å². The van der Waals surface area contributed by atoms with Crippen LogP contribution in [0.4, 0.5) is 0 Å². The van der Waals surface area contributed by atoms with Crippen LogP contribution in [0.1, 0.15) is 0 Å². The van der Waals surface area contributed by atoms with Crippen LogP contribution >= 0.6 is 35.6 Å². The van der Waals surface area contributed by atoms with E-state index in [9.17, 15) is 0 Å². The fraction of sp³-hybridized carbons (Fsp3) is 0.312. The van der Waals surface area contributed by atoms with Gasteiger partial charge in [-0.3, -0.25) is 4.99 Å². The Hall–Kier alpha value is -1.41. The van der Waals surface area contributed by atoms with Gasteiger partial charge in [0.1, 0.15) is 12.4 Å². The third kappa shape index (κ3) is 7.13. The summed E-state index contributed by atoms with van der Waals surface area (Å²) >= 11 is 6.03. The van der Waals surface area contributed by atoms with Crippen LogP contribution in [0.25, 0.3) is 0 Å². The van der Waals surface area contributed by atoms with Crippen molar-refractivity contribution in [2.24, 2.45) is 4.99 Å². The van der Waals surface area contributed by atoms with E-state index in [1.54, 1.807) is 7.05 Å². The number of ether oxygens (including phenoxy) is 1. The molecule has 7 heteroatoms. The standard InChI is InChI=1S/C16H21ClN4O.HI/c1-18-16(19-8-12-21-10-4-5-11-21)20-9-13-22-15-7-3-2-6-14(15)17;/h2-7,10-11H,8-9,12-13H2,1H3,(H2,18,19,20);1H. The maximum absolute atomic E-state index is 6.03. The van der Waals surface area contributed by atoms with Crippen molar-refractivity contribution >= 4 is 41.5 Å². The van der Waals surface area contributed by atoms with Crippen LogP contribution < -0.4 is 15.4 Å². The van der Waals surface area contributed by atoms with E-state index in [0.717, 1.165) is 19.0 Å². The molecular formula is C16H22ClIN4O. The van der Waals surface area contributed by atoms with Crippen molar-refractivity contribution < 1.29 is 4.74 Å². The largest absolute Gasteiger partial charge is 0.490 e. The number of hydrogen-bond acceptors (Lipinski definition) is 2. The lowest BCUT2D eigenvalue weighted by Gasteiger charge is -2.13. The third-order valence-electron chi connectivity index (χ3n) is 3.04. The number of hydrogen-bond donors (Lipinski definition) is 2. The highest BCUT2D eigenvalue weighted by atomic mass is 127. The zero-order valence-corrected chi connectivity index (χ0v) is 16.1. The molecule has 0 aliphatic rings. The molecule has 0 aliphatic carbocycles. The molecule has 0 fully saturated rings. The van der Waals surface area contributed by atoms with E-state index in [4.69, 9.17) is 16.3 Å². The van der Waals surface area contributed by atoms with Crippen molar-refractivity contribution in [3.8, 4) is 5.75 Å². The first-order valence-corrected chi connectivity index (χ1v) is 7.60. The molecule has 0 spiro atoms. The lowest BCUT2D eigenvalue weighted by Crippen LogP contribution is -2.40. The Morgan fingerprint density at radius 2 is 1.83 bits per heavy atom. The fourth-order valence-electron chi connectivity index (χ4n) is 1.94. The lowest BCUT2D eigenvalue weighted by atomic mass is 10.3. The molecule has 5 nitrogen and oxygen atoms in total. The van der Waals surface area contributed by atoms with Gasteiger partial charge in [-0.1, -0.05) is 23.7 Å². The lowest BCUT2D eigenvalue weighted by molar-refractivity contribution is 0.322. The highest BCUT2D eigenvalue weighted by Gasteiger charge is 2.00.